The summed E-state index contributed by atoms with van der Waals surface area (Å²) in [6.07, 6.45) is 0. The molecule has 0 fully saturated rings. The van der Waals surface area contributed by atoms with Crippen molar-refractivity contribution in [2.24, 2.45) is 0 Å². The fourth-order valence-electron chi connectivity index (χ4n) is 1.65. The first-order valence-corrected chi connectivity index (χ1v) is 4.56. The fourth-order valence-corrected chi connectivity index (χ4v) is 1.65. The molecular weight excluding hydrogens is 230 g/mol. The maximum absolute atomic E-state index is 11.7. The van der Waals surface area contributed by atoms with E-state index in [0.717, 1.165) is 12.1 Å². The van der Waals surface area contributed by atoms with Gasteiger partial charge in [-0.15, -0.1) is 0 Å². The van der Waals surface area contributed by atoms with Crippen LogP contribution in [0, 0.1) is 0 Å². The standard InChI is InChI=1S/C10H7NO6/c12-4-1-2-5(13)8-7(4)9(16)11(10(8)17)3-6(14)15/h1-2,12-13H,3H2,(H,14,15). The van der Waals surface area contributed by atoms with Gasteiger partial charge >= 0.3 is 5.97 Å². The summed E-state index contributed by atoms with van der Waals surface area (Å²) in [5.74, 6) is -4.16. The Kier molecular flexibility index (Phi) is 2.24. The summed E-state index contributed by atoms with van der Waals surface area (Å²) < 4.78 is 0. The molecule has 1 aliphatic rings. The molecule has 3 N–H and O–H groups in total. The summed E-state index contributed by atoms with van der Waals surface area (Å²) in [7, 11) is 0. The second kappa shape index (κ2) is 3.48. The number of amides is 2. The highest BCUT2D eigenvalue weighted by molar-refractivity contribution is 6.24. The number of rotatable bonds is 2. The molecule has 1 aromatic rings. The molecule has 0 unspecified atom stereocenters. The lowest BCUT2D eigenvalue weighted by molar-refractivity contribution is -0.137. The number of aromatic hydroxyl groups is 2. The molecule has 0 aromatic heterocycles. The van der Waals surface area contributed by atoms with E-state index in [0.29, 0.717) is 4.90 Å². The molecule has 0 spiro atoms. The summed E-state index contributed by atoms with van der Waals surface area (Å²) >= 11 is 0. The first-order chi connectivity index (χ1) is 7.93. The zero-order valence-electron chi connectivity index (χ0n) is 8.38. The van der Waals surface area contributed by atoms with Crippen LogP contribution < -0.4 is 0 Å². The summed E-state index contributed by atoms with van der Waals surface area (Å²) in [5.41, 5.74) is -0.729. The Morgan fingerprint density at radius 3 is 1.82 bits per heavy atom. The quantitative estimate of drug-likeness (QED) is 0.483. The van der Waals surface area contributed by atoms with Gasteiger partial charge in [-0.05, 0) is 12.1 Å². The molecule has 0 bridgehead atoms. The van der Waals surface area contributed by atoms with Gasteiger partial charge in [0.05, 0.1) is 11.1 Å². The van der Waals surface area contributed by atoms with Gasteiger partial charge < -0.3 is 15.3 Å². The number of aliphatic carboxylic acids is 1. The highest BCUT2D eigenvalue weighted by atomic mass is 16.4. The van der Waals surface area contributed by atoms with Crippen LogP contribution >= 0.6 is 0 Å². The Balaban J connectivity index is 2.56. The lowest BCUT2D eigenvalue weighted by Gasteiger charge is -2.09. The number of carbonyl (C=O) groups is 3. The molecule has 0 saturated carbocycles. The predicted octanol–water partition coefficient (Wildman–Crippen LogP) is -0.222. The minimum atomic E-state index is -1.36. The van der Waals surface area contributed by atoms with E-state index in [1.54, 1.807) is 0 Å². The van der Waals surface area contributed by atoms with Crippen molar-refractivity contribution in [1.82, 2.24) is 4.90 Å². The Bertz CT molecular complexity index is 509. The maximum atomic E-state index is 11.7. The Labute approximate surface area is 94.5 Å². The van der Waals surface area contributed by atoms with Crippen LogP contribution in [0.3, 0.4) is 0 Å². The van der Waals surface area contributed by atoms with Gasteiger partial charge in [0.25, 0.3) is 11.8 Å². The molecule has 2 amide bonds. The number of hydrogen-bond acceptors (Lipinski definition) is 5. The number of carboxylic acids is 1. The van der Waals surface area contributed by atoms with Crippen molar-refractivity contribution in [3.8, 4) is 11.5 Å². The van der Waals surface area contributed by atoms with E-state index in [4.69, 9.17) is 5.11 Å². The van der Waals surface area contributed by atoms with E-state index in [1.165, 1.54) is 0 Å². The fraction of sp³-hybridized carbons (Fsp3) is 0.100. The molecule has 0 aliphatic carbocycles. The third-order valence-corrected chi connectivity index (χ3v) is 2.37. The van der Waals surface area contributed by atoms with Crippen LogP contribution in [-0.2, 0) is 4.79 Å². The number of imide groups is 1. The van der Waals surface area contributed by atoms with E-state index < -0.39 is 35.8 Å². The summed E-state index contributed by atoms with van der Waals surface area (Å²) in [5, 5.41) is 27.4. The zero-order valence-corrected chi connectivity index (χ0v) is 8.38. The number of nitrogens with zero attached hydrogens (tertiary/aromatic N) is 1. The summed E-state index contributed by atoms with van der Waals surface area (Å²) in [4.78, 5) is 34.3. The van der Waals surface area contributed by atoms with Crippen molar-refractivity contribution in [1.29, 1.82) is 0 Å². The highest BCUT2D eigenvalue weighted by Crippen LogP contribution is 2.35. The number of benzene rings is 1. The molecule has 1 heterocycles. The second-order valence-electron chi connectivity index (χ2n) is 3.44. The van der Waals surface area contributed by atoms with Gasteiger partial charge in [0.15, 0.2) is 0 Å². The highest BCUT2D eigenvalue weighted by Gasteiger charge is 2.40. The average molecular weight is 237 g/mol. The van der Waals surface area contributed by atoms with Crippen molar-refractivity contribution < 1.29 is 29.7 Å². The van der Waals surface area contributed by atoms with Gasteiger partial charge in [-0.2, -0.15) is 0 Å². The Morgan fingerprint density at radius 1 is 1.06 bits per heavy atom. The number of carboxylic acid groups (broad SMARTS) is 1. The van der Waals surface area contributed by atoms with Crippen molar-refractivity contribution in [2.45, 2.75) is 0 Å². The third kappa shape index (κ3) is 1.48. The summed E-state index contributed by atoms with van der Waals surface area (Å²) in [6, 6.07) is 2.12. The second-order valence-corrected chi connectivity index (χ2v) is 3.44. The smallest absolute Gasteiger partial charge is 0.323 e. The van der Waals surface area contributed by atoms with Crippen LogP contribution in [0.4, 0.5) is 0 Å². The van der Waals surface area contributed by atoms with Crippen molar-refractivity contribution in [2.75, 3.05) is 6.54 Å². The van der Waals surface area contributed by atoms with Gasteiger partial charge in [-0.1, -0.05) is 0 Å². The first kappa shape index (κ1) is 10.9. The molecule has 0 saturated heterocycles. The molecule has 7 heteroatoms. The van der Waals surface area contributed by atoms with Gasteiger partial charge in [0.2, 0.25) is 0 Å². The van der Waals surface area contributed by atoms with Crippen LogP contribution in [-0.4, -0.2) is 44.5 Å². The molecule has 7 nitrogen and oxygen atoms in total. The molecule has 17 heavy (non-hydrogen) atoms. The molecule has 88 valence electrons. The zero-order chi connectivity index (χ0) is 12.7. The SMILES string of the molecule is O=C(O)CN1C(=O)c2c(O)ccc(O)c2C1=O. The number of phenolic OH excluding ortho intramolecular Hbond substituents is 2. The molecule has 0 radical (unpaired) electrons. The van der Waals surface area contributed by atoms with E-state index in [-0.39, 0.29) is 11.1 Å². The maximum Gasteiger partial charge on any atom is 0.323 e. The normalized spacial score (nSPS) is 14.0. The summed E-state index contributed by atoms with van der Waals surface area (Å²) in [6.45, 7) is -0.814. The van der Waals surface area contributed by atoms with E-state index >= 15 is 0 Å². The van der Waals surface area contributed by atoms with Crippen LogP contribution in [0.5, 0.6) is 11.5 Å². The molecule has 1 aromatic carbocycles. The van der Waals surface area contributed by atoms with Crippen LogP contribution in [0.15, 0.2) is 12.1 Å². The van der Waals surface area contributed by atoms with Crippen molar-refractivity contribution >= 4 is 17.8 Å². The number of hydrogen-bond donors (Lipinski definition) is 3. The van der Waals surface area contributed by atoms with Gasteiger partial charge in [-0.25, -0.2) is 0 Å². The predicted molar refractivity (Wildman–Crippen MR) is 52.8 cm³/mol. The minimum absolute atomic E-state index is 0.365. The van der Waals surface area contributed by atoms with E-state index in [9.17, 15) is 24.6 Å². The van der Waals surface area contributed by atoms with E-state index in [2.05, 4.69) is 0 Å². The molecular formula is C10H7NO6. The molecule has 2 rings (SSSR count). The number of phenols is 2. The number of carbonyl (C=O) groups excluding carboxylic acids is 2. The lowest BCUT2D eigenvalue weighted by Crippen LogP contribution is -2.34. The largest absolute Gasteiger partial charge is 0.507 e. The van der Waals surface area contributed by atoms with Gasteiger partial charge in [0.1, 0.15) is 18.0 Å². The first-order valence-electron chi connectivity index (χ1n) is 4.56. The van der Waals surface area contributed by atoms with Crippen LogP contribution in [0.1, 0.15) is 20.7 Å². The average Bonchev–Trinajstić information content (AvgIpc) is 2.49. The van der Waals surface area contributed by atoms with Gasteiger partial charge in [-0.3, -0.25) is 19.3 Å². The number of fused-ring (bicyclic) bond motifs is 1. The van der Waals surface area contributed by atoms with E-state index in [1.807, 2.05) is 0 Å². The third-order valence-electron chi connectivity index (χ3n) is 2.37. The molecule has 0 atom stereocenters. The van der Waals surface area contributed by atoms with Gasteiger partial charge in [0, 0.05) is 0 Å². The minimum Gasteiger partial charge on any atom is -0.507 e. The van der Waals surface area contributed by atoms with Crippen molar-refractivity contribution in [3.05, 3.63) is 23.3 Å². The monoisotopic (exact) mass is 237 g/mol. The van der Waals surface area contributed by atoms with Crippen LogP contribution in [0.2, 0.25) is 0 Å². The lowest BCUT2D eigenvalue weighted by atomic mass is 10.1. The van der Waals surface area contributed by atoms with Crippen molar-refractivity contribution in [3.63, 3.8) is 0 Å². The topological polar surface area (TPSA) is 115 Å². The molecule has 1 aliphatic heterocycles. The Morgan fingerprint density at radius 2 is 1.47 bits per heavy atom. The Hall–Kier alpha value is -2.57. The van der Waals surface area contributed by atoms with Crippen LogP contribution in [0.25, 0.3) is 0 Å².